The molecule has 1 unspecified atom stereocenters. The number of nitrogens with one attached hydrogen (secondary N) is 2. The number of fused-ring (bicyclic) bond motifs is 1. The van der Waals surface area contributed by atoms with E-state index in [0.717, 1.165) is 13.1 Å². The molecule has 1 aromatic carbocycles. The van der Waals surface area contributed by atoms with E-state index in [-0.39, 0.29) is 12.5 Å². The fourth-order valence-corrected chi connectivity index (χ4v) is 2.13. The molecule has 0 aromatic heterocycles. The SMILES string of the molecule is CC(CCO)CNC(=O)c1ccc2c(c1)CNC2. The third-order valence-corrected chi connectivity index (χ3v) is 3.33. The average molecular weight is 248 g/mol. The van der Waals surface area contributed by atoms with Gasteiger partial charge in [-0.25, -0.2) is 0 Å². The van der Waals surface area contributed by atoms with Crippen molar-refractivity contribution in [3.05, 3.63) is 34.9 Å². The molecule has 1 aromatic rings. The second-order valence-corrected chi connectivity index (χ2v) is 4.91. The van der Waals surface area contributed by atoms with Crippen LogP contribution in [0.25, 0.3) is 0 Å². The molecule has 98 valence electrons. The molecule has 0 fully saturated rings. The lowest BCUT2D eigenvalue weighted by atomic mass is 10.1. The van der Waals surface area contributed by atoms with Crippen LogP contribution in [0, 0.1) is 5.92 Å². The Labute approximate surface area is 107 Å². The Bertz CT molecular complexity index is 432. The molecule has 0 bridgehead atoms. The van der Waals surface area contributed by atoms with E-state index in [4.69, 9.17) is 5.11 Å². The quantitative estimate of drug-likeness (QED) is 0.729. The summed E-state index contributed by atoms with van der Waals surface area (Å²) in [6.45, 7) is 4.53. The summed E-state index contributed by atoms with van der Waals surface area (Å²) in [4.78, 5) is 12.0. The van der Waals surface area contributed by atoms with Crippen molar-refractivity contribution in [2.45, 2.75) is 26.4 Å². The topological polar surface area (TPSA) is 61.4 Å². The zero-order valence-corrected chi connectivity index (χ0v) is 10.7. The van der Waals surface area contributed by atoms with E-state index < -0.39 is 0 Å². The molecule has 0 radical (unpaired) electrons. The van der Waals surface area contributed by atoms with Gasteiger partial charge in [-0.1, -0.05) is 13.0 Å². The standard InChI is InChI=1S/C14H20N2O2/c1-10(4-5-17)7-16-14(18)11-2-3-12-8-15-9-13(12)6-11/h2-3,6,10,15,17H,4-5,7-9H2,1H3,(H,16,18). The van der Waals surface area contributed by atoms with Crippen molar-refractivity contribution in [3.8, 4) is 0 Å². The average Bonchev–Trinajstić information content (AvgIpc) is 2.83. The molecule has 4 heteroatoms. The highest BCUT2D eigenvalue weighted by atomic mass is 16.3. The lowest BCUT2D eigenvalue weighted by molar-refractivity contribution is 0.0945. The molecule has 1 aliphatic rings. The molecule has 1 amide bonds. The summed E-state index contributed by atoms with van der Waals surface area (Å²) in [6.07, 6.45) is 0.717. The van der Waals surface area contributed by atoms with Gasteiger partial charge < -0.3 is 15.7 Å². The normalized spacial score (nSPS) is 15.2. The van der Waals surface area contributed by atoms with Crippen LogP contribution in [0.2, 0.25) is 0 Å². The monoisotopic (exact) mass is 248 g/mol. The van der Waals surface area contributed by atoms with E-state index >= 15 is 0 Å². The molecular formula is C14H20N2O2. The van der Waals surface area contributed by atoms with E-state index in [1.165, 1.54) is 11.1 Å². The summed E-state index contributed by atoms with van der Waals surface area (Å²) >= 11 is 0. The van der Waals surface area contributed by atoms with Gasteiger partial charge in [-0.3, -0.25) is 4.79 Å². The number of amides is 1. The first kappa shape index (κ1) is 13.1. The van der Waals surface area contributed by atoms with Gasteiger partial charge in [-0.05, 0) is 35.6 Å². The first-order valence-electron chi connectivity index (χ1n) is 6.42. The smallest absolute Gasteiger partial charge is 0.251 e. The first-order chi connectivity index (χ1) is 8.70. The van der Waals surface area contributed by atoms with E-state index in [2.05, 4.69) is 10.6 Å². The van der Waals surface area contributed by atoms with Crippen LogP contribution in [-0.4, -0.2) is 24.2 Å². The fourth-order valence-electron chi connectivity index (χ4n) is 2.13. The second kappa shape index (κ2) is 5.98. The maximum Gasteiger partial charge on any atom is 0.251 e. The van der Waals surface area contributed by atoms with Gasteiger partial charge in [0, 0.05) is 31.8 Å². The first-order valence-corrected chi connectivity index (χ1v) is 6.42. The van der Waals surface area contributed by atoms with Crippen LogP contribution in [0.4, 0.5) is 0 Å². The third-order valence-electron chi connectivity index (χ3n) is 3.33. The molecule has 18 heavy (non-hydrogen) atoms. The summed E-state index contributed by atoms with van der Waals surface area (Å²) < 4.78 is 0. The van der Waals surface area contributed by atoms with Crippen LogP contribution in [0.1, 0.15) is 34.8 Å². The van der Waals surface area contributed by atoms with E-state index in [1.807, 2.05) is 25.1 Å². The van der Waals surface area contributed by atoms with Gasteiger partial charge in [0.05, 0.1) is 0 Å². The number of hydrogen-bond donors (Lipinski definition) is 3. The van der Waals surface area contributed by atoms with Crippen molar-refractivity contribution in [1.29, 1.82) is 0 Å². The Kier molecular flexibility index (Phi) is 4.33. The van der Waals surface area contributed by atoms with E-state index in [1.54, 1.807) is 0 Å². The molecule has 1 atom stereocenters. The zero-order valence-electron chi connectivity index (χ0n) is 10.7. The van der Waals surface area contributed by atoms with Crippen molar-refractivity contribution >= 4 is 5.91 Å². The van der Waals surface area contributed by atoms with Crippen molar-refractivity contribution in [2.24, 2.45) is 5.92 Å². The lowest BCUT2D eigenvalue weighted by Crippen LogP contribution is -2.28. The minimum atomic E-state index is -0.0329. The highest BCUT2D eigenvalue weighted by Crippen LogP contribution is 2.17. The molecule has 2 rings (SSSR count). The number of aliphatic hydroxyl groups is 1. The number of aliphatic hydroxyl groups excluding tert-OH is 1. The highest BCUT2D eigenvalue weighted by molar-refractivity contribution is 5.94. The Morgan fingerprint density at radius 2 is 2.22 bits per heavy atom. The van der Waals surface area contributed by atoms with Gasteiger partial charge in [0.2, 0.25) is 0 Å². The number of carbonyl (C=O) groups excluding carboxylic acids is 1. The van der Waals surface area contributed by atoms with Crippen LogP contribution < -0.4 is 10.6 Å². The maximum atomic E-state index is 12.0. The Morgan fingerprint density at radius 1 is 1.44 bits per heavy atom. The maximum absolute atomic E-state index is 12.0. The summed E-state index contributed by atoms with van der Waals surface area (Å²) in [6, 6.07) is 5.85. The summed E-state index contributed by atoms with van der Waals surface area (Å²) in [7, 11) is 0. The van der Waals surface area contributed by atoms with Crippen molar-refractivity contribution in [3.63, 3.8) is 0 Å². The lowest BCUT2D eigenvalue weighted by Gasteiger charge is -2.11. The van der Waals surface area contributed by atoms with Crippen LogP contribution in [0.15, 0.2) is 18.2 Å². The molecule has 0 saturated heterocycles. The van der Waals surface area contributed by atoms with Crippen LogP contribution in [-0.2, 0) is 13.1 Å². The van der Waals surface area contributed by atoms with Gasteiger partial charge in [-0.2, -0.15) is 0 Å². The highest BCUT2D eigenvalue weighted by Gasteiger charge is 2.13. The van der Waals surface area contributed by atoms with Gasteiger partial charge in [0.1, 0.15) is 0 Å². The fraction of sp³-hybridized carbons (Fsp3) is 0.500. The number of benzene rings is 1. The molecule has 1 aliphatic heterocycles. The molecule has 4 nitrogen and oxygen atoms in total. The predicted octanol–water partition coefficient (Wildman–Crippen LogP) is 1.04. The van der Waals surface area contributed by atoms with E-state index in [9.17, 15) is 4.79 Å². The van der Waals surface area contributed by atoms with Crippen molar-refractivity contribution in [1.82, 2.24) is 10.6 Å². The molecule has 0 saturated carbocycles. The zero-order chi connectivity index (χ0) is 13.0. The van der Waals surface area contributed by atoms with Gasteiger partial charge in [-0.15, -0.1) is 0 Å². The molecular weight excluding hydrogens is 228 g/mol. The van der Waals surface area contributed by atoms with Gasteiger partial charge >= 0.3 is 0 Å². The molecule has 3 N–H and O–H groups in total. The molecule has 0 spiro atoms. The van der Waals surface area contributed by atoms with Crippen molar-refractivity contribution < 1.29 is 9.90 Å². The van der Waals surface area contributed by atoms with Crippen LogP contribution >= 0.6 is 0 Å². The number of hydrogen-bond acceptors (Lipinski definition) is 3. The van der Waals surface area contributed by atoms with E-state index in [0.29, 0.717) is 24.4 Å². The number of rotatable bonds is 5. The Balaban J connectivity index is 1.93. The minimum absolute atomic E-state index is 0.0329. The van der Waals surface area contributed by atoms with Gasteiger partial charge in [0.15, 0.2) is 0 Å². The second-order valence-electron chi connectivity index (χ2n) is 4.91. The van der Waals surface area contributed by atoms with Crippen LogP contribution in [0.3, 0.4) is 0 Å². The van der Waals surface area contributed by atoms with Gasteiger partial charge in [0.25, 0.3) is 5.91 Å². The minimum Gasteiger partial charge on any atom is -0.396 e. The largest absolute Gasteiger partial charge is 0.396 e. The van der Waals surface area contributed by atoms with Crippen LogP contribution in [0.5, 0.6) is 0 Å². The summed E-state index contributed by atoms with van der Waals surface area (Å²) in [5.74, 6) is 0.268. The summed E-state index contributed by atoms with van der Waals surface area (Å²) in [5.41, 5.74) is 3.21. The Morgan fingerprint density at radius 3 is 3.00 bits per heavy atom. The molecule has 1 heterocycles. The third kappa shape index (κ3) is 3.09. The Hall–Kier alpha value is -1.39. The number of carbonyl (C=O) groups is 1. The summed E-state index contributed by atoms with van der Waals surface area (Å²) in [5, 5.41) is 15.0. The molecule has 0 aliphatic carbocycles. The van der Waals surface area contributed by atoms with Crippen molar-refractivity contribution in [2.75, 3.05) is 13.2 Å². The predicted molar refractivity (Wildman–Crippen MR) is 70.2 cm³/mol.